The molecular weight excluding hydrogens is 450 g/mol. The third-order valence-electron chi connectivity index (χ3n) is 8.26. The molecule has 0 aliphatic carbocycles. The van der Waals surface area contributed by atoms with Crippen LogP contribution in [0.4, 0.5) is 0 Å². The van der Waals surface area contributed by atoms with Gasteiger partial charge in [-0.25, -0.2) is 4.79 Å². The molecule has 0 fully saturated rings. The van der Waals surface area contributed by atoms with Crippen molar-refractivity contribution in [3.63, 3.8) is 0 Å². The Bertz CT molecular complexity index is 1080. The molecule has 2 aromatic carbocycles. The van der Waals surface area contributed by atoms with Crippen molar-refractivity contribution >= 4 is 11.9 Å². The summed E-state index contributed by atoms with van der Waals surface area (Å²) in [6, 6.07) is 12.6. The van der Waals surface area contributed by atoms with Crippen LogP contribution in [0.3, 0.4) is 0 Å². The smallest absolute Gasteiger partial charge is 0.328 e. The number of hydrogen-bond acceptors (Lipinski definition) is 3. The lowest BCUT2D eigenvalue weighted by molar-refractivity contribution is -0.143. The second kappa shape index (κ2) is 11.6. The van der Waals surface area contributed by atoms with Gasteiger partial charge < -0.3 is 15.5 Å². The van der Waals surface area contributed by atoms with Crippen LogP contribution in [-0.4, -0.2) is 33.2 Å². The van der Waals surface area contributed by atoms with Crippen LogP contribution in [0.1, 0.15) is 112 Å². The van der Waals surface area contributed by atoms with Gasteiger partial charge in [-0.3, -0.25) is 4.79 Å². The van der Waals surface area contributed by atoms with E-state index in [-0.39, 0.29) is 11.3 Å². The van der Waals surface area contributed by atoms with Crippen molar-refractivity contribution in [1.82, 2.24) is 5.32 Å². The Morgan fingerprint density at radius 2 is 1.36 bits per heavy atom. The summed E-state index contributed by atoms with van der Waals surface area (Å²) in [6.07, 6.45) is 4.95. The summed E-state index contributed by atoms with van der Waals surface area (Å²) in [7, 11) is 0. The molecule has 0 spiro atoms. The van der Waals surface area contributed by atoms with Crippen LogP contribution in [0.25, 0.3) is 0 Å². The molecule has 3 N–H and O–H groups in total. The van der Waals surface area contributed by atoms with Crippen molar-refractivity contribution in [2.75, 3.05) is 0 Å². The zero-order valence-corrected chi connectivity index (χ0v) is 23.4. The van der Waals surface area contributed by atoms with Gasteiger partial charge in [0, 0.05) is 11.0 Å². The van der Waals surface area contributed by atoms with Crippen LogP contribution < -0.4 is 5.32 Å². The molecule has 0 saturated heterocycles. The van der Waals surface area contributed by atoms with Crippen molar-refractivity contribution in [2.24, 2.45) is 0 Å². The number of carbonyl (C=O) groups is 2. The lowest BCUT2D eigenvalue weighted by Crippen LogP contribution is -2.49. The van der Waals surface area contributed by atoms with Crippen molar-refractivity contribution in [3.05, 3.63) is 69.8 Å². The summed E-state index contributed by atoms with van der Waals surface area (Å²) in [5.41, 5.74) is 4.06. The third kappa shape index (κ3) is 6.18. The summed E-state index contributed by atoms with van der Waals surface area (Å²) < 4.78 is 0. The molecule has 2 rings (SSSR count). The van der Waals surface area contributed by atoms with E-state index in [9.17, 15) is 19.8 Å². The highest BCUT2D eigenvalue weighted by atomic mass is 16.4. The molecule has 0 atom stereocenters. The number of carbonyl (C=O) groups excluding carboxylic acids is 1. The van der Waals surface area contributed by atoms with E-state index < -0.39 is 17.1 Å². The Morgan fingerprint density at radius 1 is 0.833 bits per heavy atom. The van der Waals surface area contributed by atoms with Crippen LogP contribution in [0, 0.1) is 13.8 Å². The zero-order valence-electron chi connectivity index (χ0n) is 23.4. The van der Waals surface area contributed by atoms with E-state index >= 15 is 0 Å². The molecular formula is C31H45NO4. The number of carboxylic acids is 1. The summed E-state index contributed by atoms with van der Waals surface area (Å²) in [5.74, 6) is -1.46. The van der Waals surface area contributed by atoms with Crippen molar-refractivity contribution < 1.29 is 19.8 Å². The predicted octanol–water partition coefficient (Wildman–Crippen LogP) is 6.49. The van der Waals surface area contributed by atoms with E-state index in [1.54, 1.807) is 0 Å². The molecule has 0 aromatic heterocycles. The van der Waals surface area contributed by atoms with Gasteiger partial charge in [0.2, 0.25) is 0 Å². The first-order chi connectivity index (χ1) is 16.8. The van der Waals surface area contributed by atoms with Crippen LogP contribution >= 0.6 is 0 Å². The van der Waals surface area contributed by atoms with E-state index in [0.717, 1.165) is 49.7 Å². The molecule has 0 saturated carbocycles. The molecule has 0 aliphatic heterocycles. The van der Waals surface area contributed by atoms with Crippen LogP contribution in [0.5, 0.6) is 0 Å². The van der Waals surface area contributed by atoms with Gasteiger partial charge in [-0.05, 0) is 100 Å². The number of aryl methyl sites for hydroxylation is 3. The monoisotopic (exact) mass is 495 g/mol. The number of nitrogens with one attached hydrogen (secondary N) is 1. The van der Waals surface area contributed by atoms with E-state index in [2.05, 4.69) is 50.4 Å². The molecule has 0 heterocycles. The normalized spacial score (nSPS) is 12.5. The van der Waals surface area contributed by atoms with E-state index in [0.29, 0.717) is 5.56 Å². The highest BCUT2D eigenvalue weighted by Gasteiger charge is 2.33. The molecule has 0 unspecified atom stereocenters. The van der Waals surface area contributed by atoms with E-state index in [1.807, 2.05) is 32.9 Å². The molecule has 5 heteroatoms. The molecule has 1 amide bonds. The summed E-state index contributed by atoms with van der Waals surface area (Å²) >= 11 is 0. The molecule has 36 heavy (non-hydrogen) atoms. The van der Waals surface area contributed by atoms with Gasteiger partial charge in [-0.15, -0.1) is 0 Å². The Kier molecular flexibility index (Phi) is 9.52. The predicted molar refractivity (Wildman–Crippen MR) is 147 cm³/mol. The fraction of sp³-hybridized carbons (Fsp3) is 0.548. The average molecular weight is 496 g/mol. The Labute approximate surface area is 217 Å². The van der Waals surface area contributed by atoms with Crippen LogP contribution in [0.2, 0.25) is 0 Å². The van der Waals surface area contributed by atoms with Crippen molar-refractivity contribution in [1.29, 1.82) is 0 Å². The largest absolute Gasteiger partial charge is 0.480 e. The van der Waals surface area contributed by atoms with Gasteiger partial charge in [-0.2, -0.15) is 0 Å². The SMILES string of the molecule is CCC(O)(CC)CCc1ccc(C(CC)(CC)c2ccc(C(=O)NC(C)(C)C(=O)O)c(C)c2)cc1C. The quantitative estimate of drug-likeness (QED) is 0.314. The number of carboxylic acid groups (broad SMARTS) is 1. The Balaban J connectivity index is 2.40. The first-order valence-electron chi connectivity index (χ1n) is 13.3. The summed E-state index contributed by atoms with van der Waals surface area (Å²) in [5, 5.41) is 22.7. The highest BCUT2D eigenvalue weighted by Crippen LogP contribution is 2.40. The lowest BCUT2D eigenvalue weighted by Gasteiger charge is -2.34. The maximum atomic E-state index is 12.8. The standard InChI is InChI=1S/C31H45NO4/c1-9-30(36,10-2)18-17-23-13-14-24(19-21(23)5)31(11-3,12-4)25-15-16-26(22(6)20-25)27(33)32-29(7,8)28(34)35/h13-16,19-20,36H,9-12,17-18H2,1-8H3,(H,32,33)(H,34,35). The van der Waals surface area contributed by atoms with Crippen molar-refractivity contribution in [3.8, 4) is 0 Å². The van der Waals surface area contributed by atoms with Gasteiger partial charge >= 0.3 is 5.97 Å². The lowest BCUT2D eigenvalue weighted by atomic mass is 9.69. The summed E-state index contributed by atoms with van der Waals surface area (Å²) in [4.78, 5) is 24.3. The Morgan fingerprint density at radius 3 is 1.81 bits per heavy atom. The molecule has 198 valence electrons. The van der Waals surface area contributed by atoms with E-state index in [4.69, 9.17) is 0 Å². The minimum atomic E-state index is -1.35. The van der Waals surface area contributed by atoms with Gasteiger partial charge in [0.05, 0.1) is 5.60 Å². The van der Waals surface area contributed by atoms with E-state index in [1.165, 1.54) is 30.5 Å². The topological polar surface area (TPSA) is 86.6 Å². The number of aliphatic hydroxyl groups is 1. The second-order valence-corrected chi connectivity index (χ2v) is 10.8. The van der Waals surface area contributed by atoms with Gasteiger partial charge in [0.15, 0.2) is 0 Å². The third-order valence-corrected chi connectivity index (χ3v) is 8.26. The maximum absolute atomic E-state index is 12.8. The number of rotatable bonds is 12. The molecule has 5 nitrogen and oxygen atoms in total. The molecule has 0 aliphatic rings. The molecule has 0 bridgehead atoms. The minimum Gasteiger partial charge on any atom is -0.480 e. The van der Waals surface area contributed by atoms with Crippen LogP contribution in [-0.2, 0) is 16.6 Å². The highest BCUT2D eigenvalue weighted by molar-refractivity contribution is 5.98. The number of amides is 1. The maximum Gasteiger partial charge on any atom is 0.328 e. The number of benzene rings is 2. The first kappa shape index (κ1) is 29.6. The fourth-order valence-corrected chi connectivity index (χ4v) is 5.10. The zero-order chi connectivity index (χ0) is 27.3. The number of hydrogen-bond donors (Lipinski definition) is 3. The van der Waals surface area contributed by atoms with Gasteiger partial charge in [0.1, 0.15) is 5.54 Å². The van der Waals surface area contributed by atoms with Gasteiger partial charge in [0.25, 0.3) is 5.91 Å². The average Bonchev–Trinajstić information content (AvgIpc) is 2.84. The molecule has 2 aromatic rings. The second-order valence-electron chi connectivity index (χ2n) is 10.8. The van der Waals surface area contributed by atoms with Crippen LogP contribution in [0.15, 0.2) is 36.4 Å². The molecule has 0 radical (unpaired) electrons. The van der Waals surface area contributed by atoms with Gasteiger partial charge in [-0.1, -0.05) is 58.0 Å². The fourth-order valence-electron chi connectivity index (χ4n) is 5.10. The minimum absolute atomic E-state index is 0.197. The van der Waals surface area contributed by atoms with Crippen molar-refractivity contribution in [2.45, 2.75) is 110 Å². The first-order valence-corrected chi connectivity index (χ1v) is 13.3. The Hall–Kier alpha value is -2.66. The number of aliphatic carboxylic acids is 1. The summed E-state index contributed by atoms with van der Waals surface area (Å²) in [6.45, 7) is 15.5.